The average molecular weight is 394 g/mol. The highest BCUT2D eigenvalue weighted by Crippen LogP contribution is 2.34. The summed E-state index contributed by atoms with van der Waals surface area (Å²) in [5.74, 6) is -2.54. The Morgan fingerprint density at radius 1 is 1.21 bits per heavy atom. The summed E-state index contributed by atoms with van der Waals surface area (Å²) < 4.78 is 0. The fourth-order valence-corrected chi connectivity index (χ4v) is 3.18. The smallest absolute Gasteiger partial charge is 0.309 e. The number of aldehydes is 1. The molecule has 0 aromatic heterocycles. The third-order valence-corrected chi connectivity index (χ3v) is 5.14. The van der Waals surface area contributed by atoms with Gasteiger partial charge in [-0.2, -0.15) is 0 Å². The number of nitrogens with one attached hydrogen (secondary N) is 4. The zero-order valence-electron chi connectivity index (χ0n) is 16.7. The van der Waals surface area contributed by atoms with Crippen molar-refractivity contribution < 1.29 is 24.0 Å². The van der Waals surface area contributed by atoms with Gasteiger partial charge in [0.15, 0.2) is 0 Å². The van der Waals surface area contributed by atoms with Gasteiger partial charge in [0.05, 0.1) is 6.04 Å². The standard InChI is InChI=1S/C19H30N4O5/c1-11(2)8-14(22-17(27)18(28)23-19(3)5-6-19)16(26)21-13(10-24)9-12-4-7-20-15(12)25/h10-14H,4-9H2,1-3H3,(H,20,25)(H,21,26)(H,22,27)(H,23,28)/t12-,13-,14-/m0/s1. The molecule has 0 bridgehead atoms. The van der Waals surface area contributed by atoms with Crippen molar-refractivity contribution in [1.82, 2.24) is 21.3 Å². The van der Waals surface area contributed by atoms with E-state index in [1.165, 1.54) is 0 Å². The predicted molar refractivity (Wildman–Crippen MR) is 101 cm³/mol. The fraction of sp³-hybridized carbons (Fsp3) is 0.737. The SMILES string of the molecule is CC(C)C[C@H](NC(=O)C(=O)NC1(C)CC1)C(=O)N[C@H](C=O)C[C@@H]1CCNC1=O. The first-order valence-corrected chi connectivity index (χ1v) is 9.80. The molecule has 1 aliphatic heterocycles. The van der Waals surface area contributed by atoms with E-state index in [1.54, 1.807) is 0 Å². The van der Waals surface area contributed by atoms with Gasteiger partial charge >= 0.3 is 11.8 Å². The van der Waals surface area contributed by atoms with Crippen LogP contribution in [-0.2, 0) is 24.0 Å². The van der Waals surface area contributed by atoms with Crippen LogP contribution in [0.5, 0.6) is 0 Å². The Morgan fingerprint density at radius 2 is 1.89 bits per heavy atom. The van der Waals surface area contributed by atoms with Gasteiger partial charge in [-0.3, -0.25) is 19.2 Å². The molecule has 1 saturated carbocycles. The summed E-state index contributed by atoms with van der Waals surface area (Å²) in [4.78, 5) is 59.9. The van der Waals surface area contributed by atoms with Crippen LogP contribution in [0.4, 0.5) is 0 Å². The molecule has 1 saturated heterocycles. The molecule has 2 fully saturated rings. The zero-order valence-corrected chi connectivity index (χ0v) is 16.7. The highest BCUT2D eigenvalue weighted by atomic mass is 16.2. The molecule has 2 rings (SSSR count). The molecule has 4 N–H and O–H groups in total. The largest absolute Gasteiger partial charge is 0.356 e. The van der Waals surface area contributed by atoms with Crippen molar-refractivity contribution in [3.8, 4) is 0 Å². The number of carbonyl (C=O) groups excluding carboxylic acids is 5. The number of hydrogen-bond acceptors (Lipinski definition) is 5. The molecule has 2 aliphatic rings. The lowest BCUT2D eigenvalue weighted by atomic mass is 9.98. The summed E-state index contributed by atoms with van der Waals surface area (Å²) in [5.41, 5.74) is -0.339. The molecule has 1 heterocycles. The zero-order chi connectivity index (χ0) is 20.9. The molecule has 156 valence electrons. The van der Waals surface area contributed by atoms with E-state index in [9.17, 15) is 24.0 Å². The molecular formula is C19H30N4O5. The van der Waals surface area contributed by atoms with Gasteiger partial charge in [-0.15, -0.1) is 0 Å². The van der Waals surface area contributed by atoms with E-state index in [-0.39, 0.29) is 29.7 Å². The Bertz CT molecular complexity index is 644. The van der Waals surface area contributed by atoms with Crippen molar-refractivity contribution in [2.45, 2.75) is 70.5 Å². The first-order valence-electron chi connectivity index (χ1n) is 9.80. The summed E-state index contributed by atoms with van der Waals surface area (Å²) in [6.07, 6.45) is 3.37. The molecule has 4 amide bonds. The maximum absolute atomic E-state index is 12.6. The molecule has 28 heavy (non-hydrogen) atoms. The van der Waals surface area contributed by atoms with Crippen LogP contribution >= 0.6 is 0 Å². The third kappa shape index (κ3) is 6.31. The van der Waals surface area contributed by atoms with Gasteiger partial charge in [0.25, 0.3) is 0 Å². The number of rotatable bonds is 9. The van der Waals surface area contributed by atoms with Crippen molar-refractivity contribution >= 4 is 29.9 Å². The van der Waals surface area contributed by atoms with Gasteiger partial charge in [0.1, 0.15) is 12.3 Å². The molecule has 3 atom stereocenters. The lowest BCUT2D eigenvalue weighted by Crippen LogP contribution is -2.54. The van der Waals surface area contributed by atoms with Crippen LogP contribution < -0.4 is 21.3 Å². The Labute approximate surface area is 164 Å². The van der Waals surface area contributed by atoms with Crippen molar-refractivity contribution in [2.24, 2.45) is 11.8 Å². The topological polar surface area (TPSA) is 133 Å². The summed E-state index contributed by atoms with van der Waals surface area (Å²) in [6.45, 7) is 6.18. The normalized spacial score (nSPS) is 22.0. The fourth-order valence-electron chi connectivity index (χ4n) is 3.18. The Hall–Kier alpha value is -2.45. The van der Waals surface area contributed by atoms with Crippen LogP contribution in [0.25, 0.3) is 0 Å². The Balaban J connectivity index is 1.94. The van der Waals surface area contributed by atoms with E-state index < -0.39 is 29.8 Å². The highest BCUT2D eigenvalue weighted by Gasteiger charge is 2.40. The average Bonchev–Trinajstić information content (AvgIpc) is 3.21. The number of amides is 4. The third-order valence-electron chi connectivity index (χ3n) is 5.14. The van der Waals surface area contributed by atoms with E-state index in [2.05, 4.69) is 21.3 Å². The molecule has 0 aromatic carbocycles. The predicted octanol–water partition coefficient (Wildman–Crippen LogP) is -0.604. The lowest BCUT2D eigenvalue weighted by molar-refractivity contribution is -0.141. The van der Waals surface area contributed by atoms with Gasteiger partial charge < -0.3 is 26.1 Å². The molecular weight excluding hydrogens is 364 g/mol. The quantitative estimate of drug-likeness (QED) is 0.306. The van der Waals surface area contributed by atoms with E-state index in [0.717, 1.165) is 12.8 Å². The van der Waals surface area contributed by atoms with Gasteiger partial charge in [-0.1, -0.05) is 13.8 Å². The molecule has 0 radical (unpaired) electrons. The lowest BCUT2D eigenvalue weighted by Gasteiger charge is -2.23. The minimum Gasteiger partial charge on any atom is -0.356 e. The van der Waals surface area contributed by atoms with Crippen molar-refractivity contribution in [2.75, 3.05) is 6.54 Å². The molecule has 9 heteroatoms. The summed E-state index contributed by atoms with van der Waals surface area (Å²) in [5, 5.41) is 10.4. The van der Waals surface area contributed by atoms with Crippen molar-refractivity contribution in [3.63, 3.8) is 0 Å². The van der Waals surface area contributed by atoms with Crippen LogP contribution in [0, 0.1) is 11.8 Å². The Kier molecular flexibility index (Phi) is 7.15. The van der Waals surface area contributed by atoms with Gasteiger partial charge in [-0.25, -0.2) is 0 Å². The second kappa shape index (κ2) is 9.16. The first kappa shape index (κ1) is 21.8. The van der Waals surface area contributed by atoms with Crippen molar-refractivity contribution in [3.05, 3.63) is 0 Å². The van der Waals surface area contributed by atoms with Gasteiger partial charge in [0, 0.05) is 18.0 Å². The summed E-state index contributed by atoms with van der Waals surface area (Å²) in [7, 11) is 0. The van der Waals surface area contributed by atoms with Gasteiger partial charge in [0.2, 0.25) is 11.8 Å². The monoisotopic (exact) mass is 394 g/mol. The molecule has 0 spiro atoms. The van der Waals surface area contributed by atoms with Crippen LogP contribution in [0.3, 0.4) is 0 Å². The van der Waals surface area contributed by atoms with E-state index in [1.807, 2.05) is 20.8 Å². The van der Waals surface area contributed by atoms with E-state index in [4.69, 9.17) is 0 Å². The summed E-state index contributed by atoms with van der Waals surface area (Å²) in [6, 6.07) is -1.77. The minimum atomic E-state index is -0.940. The molecule has 9 nitrogen and oxygen atoms in total. The highest BCUT2D eigenvalue weighted by molar-refractivity contribution is 6.35. The number of carbonyl (C=O) groups is 5. The van der Waals surface area contributed by atoms with Crippen LogP contribution in [0.1, 0.15) is 52.9 Å². The minimum absolute atomic E-state index is 0.0790. The van der Waals surface area contributed by atoms with Crippen LogP contribution in [0.15, 0.2) is 0 Å². The summed E-state index contributed by atoms with van der Waals surface area (Å²) >= 11 is 0. The number of hydrogen-bond donors (Lipinski definition) is 4. The first-order chi connectivity index (χ1) is 13.1. The second-order valence-electron chi connectivity index (χ2n) is 8.43. The van der Waals surface area contributed by atoms with Crippen LogP contribution in [-0.4, -0.2) is 54.1 Å². The molecule has 0 aromatic rings. The van der Waals surface area contributed by atoms with Crippen LogP contribution in [0.2, 0.25) is 0 Å². The van der Waals surface area contributed by atoms with E-state index in [0.29, 0.717) is 25.7 Å². The second-order valence-corrected chi connectivity index (χ2v) is 8.43. The van der Waals surface area contributed by atoms with E-state index >= 15 is 0 Å². The van der Waals surface area contributed by atoms with Gasteiger partial charge in [-0.05, 0) is 44.9 Å². The molecule has 1 aliphatic carbocycles. The maximum Gasteiger partial charge on any atom is 0.309 e. The molecule has 0 unspecified atom stereocenters. The Morgan fingerprint density at radius 3 is 2.39 bits per heavy atom. The van der Waals surface area contributed by atoms with Crippen molar-refractivity contribution in [1.29, 1.82) is 0 Å². The maximum atomic E-state index is 12.6.